The Hall–Kier alpha value is -2.64. The van der Waals surface area contributed by atoms with Gasteiger partial charge in [0.25, 0.3) is 0 Å². The summed E-state index contributed by atoms with van der Waals surface area (Å²) in [6, 6.07) is -0.800. The fourth-order valence-corrected chi connectivity index (χ4v) is 4.35. The molecule has 4 atom stereocenters. The molecule has 1 heterocycles. The maximum atomic E-state index is 13.4. The largest absolute Gasteiger partial charge is 0.479 e. The van der Waals surface area contributed by atoms with Crippen LogP contribution >= 0.6 is 0 Å². The van der Waals surface area contributed by atoms with Gasteiger partial charge < -0.3 is 20.1 Å². The van der Waals surface area contributed by atoms with Crippen LogP contribution in [-0.2, 0) is 23.9 Å². The Morgan fingerprint density at radius 2 is 1.91 bits per heavy atom. The molecule has 2 unspecified atom stereocenters. The highest BCUT2D eigenvalue weighted by atomic mass is 16.6. The minimum Gasteiger partial charge on any atom is -0.479 e. The molecule has 2 fully saturated rings. The molecular weight excluding hydrogens is 424 g/mol. The fourth-order valence-electron chi connectivity index (χ4n) is 4.35. The standard InChI is InChI=1S/C25H38N2O6/c1-6-8-9-10-11-13-18(22(30)33-24(3,4)5)21(29)27-15-12-14-19(27)20(28)26-25(23(31)32)16-17(25)7-2/h6-7,17-19H,1-2,8-16H2,3-5H3,(H,26,28)(H,31,32)/t17?,18-,19-,25?/m0/s1. The number of aliphatic carboxylic acids is 1. The zero-order chi connectivity index (χ0) is 24.8. The van der Waals surface area contributed by atoms with Crippen molar-refractivity contribution < 1.29 is 29.0 Å². The number of rotatable bonds is 12. The van der Waals surface area contributed by atoms with Crippen molar-refractivity contribution in [2.75, 3.05) is 6.54 Å². The average molecular weight is 463 g/mol. The van der Waals surface area contributed by atoms with Crippen LogP contribution in [0.15, 0.2) is 25.3 Å². The maximum absolute atomic E-state index is 13.4. The lowest BCUT2D eigenvalue weighted by molar-refractivity contribution is -0.166. The SMILES string of the molecule is C=CCCCCC[C@H](C(=O)OC(C)(C)C)C(=O)N1CCC[C@H]1C(=O)NC1(C(=O)O)CC1C=C. The third-order valence-corrected chi connectivity index (χ3v) is 6.26. The molecule has 0 bridgehead atoms. The smallest absolute Gasteiger partial charge is 0.330 e. The third kappa shape index (κ3) is 6.68. The first-order valence-electron chi connectivity index (χ1n) is 11.8. The Balaban J connectivity index is 2.13. The second kappa shape index (κ2) is 11.0. The first kappa shape index (κ1) is 26.6. The Labute approximate surface area is 196 Å². The van der Waals surface area contributed by atoms with Crippen molar-refractivity contribution in [3.8, 4) is 0 Å². The lowest BCUT2D eigenvalue weighted by Gasteiger charge is -2.30. The van der Waals surface area contributed by atoms with Gasteiger partial charge in [0.15, 0.2) is 0 Å². The average Bonchev–Trinajstić information content (AvgIpc) is 3.22. The summed E-state index contributed by atoms with van der Waals surface area (Å²) in [6.45, 7) is 12.9. The number of hydrogen-bond acceptors (Lipinski definition) is 5. The van der Waals surface area contributed by atoms with E-state index in [9.17, 15) is 24.3 Å². The lowest BCUT2D eigenvalue weighted by Crippen LogP contribution is -2.54. The molecule has 1 saturated heterocycles. The molecule has 0 spiro atoms. The number of unbranched alkanes of at least 4 members (excludes halogenated alkanes) is 3. The fraction of sp³-hybridized carbons (Fsp3) is 0.680. The van der Waals surface area contributed by atoms with Gasteiger partial charge in [-0.1, -0.05) is 25.0 Å². The van der Waals surface area contributed by atoms with Crippen LogP contribution in [0.2, 0.25) is 0 Å². The van der Waals surface area contributed by atoms with E-state index in [4.69, 9.17) is 4.74 Å². The van der Waals surface area contributed by atoms with E-state index in [-0.39, 0.29) is 12.3 Å². The number of carboxylic acids is 1. The molecule has 2 aliphatic rings. The lowest BCUT2D eigenvalue weighted by atomic mass is 9.98. The number of hydrogen-bond donors (Lipinski definition) is 2. The molecule has 0 aromatic heterocycles. The van der Waals surface area contributed by atoms with Crippen LogP contribution in [0.25, 0.3) is 0 Å². The van der Waals surface area contributed by atoms with Crippen molar-refractivity contribution in [3.63, 3.8) is 0 Å². The van der Waals surface area contributed by atoms with Gasteiger partial charge in [-0.3, -0.25) is 14.4 Å². The molecule has 2 N–H and O–H groups in total. The number of amides is 2. The second-order valence-corrected chi connectivity index (χ2v) is 10.0. The van der Waals surface area contributed by atoms with Crippen LogP contribution < -0.4 is 5.32 Å². The number of likely N-dealkylation sites (tertiary alicyclic amines) is 1. The summed E-state index contributed by atoms with van der Waals surface area (Å²) >= 11 is 0. The number of allylic oxidation sites excluding steroid dienone is 1. The zero-order valence-corrected chi connectivity index (χ0v) is 20.1. The summed E-state index contributed by atoms with van der Waals surface area (Å²) in [5.74, 6) is -3.94. The van der Waals surface area contributed by atoms with E-state index in [1.807, 2.05) is 6.08 Å². The van der Waals surface area contributed by atoms with Gasteiger partial charge in [-0.25, -0.2) is 4.79 Å². The number of carbonyl (C=O) groups excluding carboxylic acids is 3. The number of nitrogens with zero attached hydrogens (tertiary/aromatic N) is 1. The molecule has 2 rings (SSSR count). The van der Waals surface area contributed by atoms with Crippen LogP contribution in [0.1, 0.15) is 72.1 Å². The van der Waals surface area contributed by atoms with E-state index in [1.54, 1.807) is 20.8 Å². The molecule has 184 valence electrons. The van der Waals surface area contributed by atoms with Gasteiger partial charge >= 0.3 is 11.9 Å². The molecule has 1 saturated carbocycles. The summed E-state index contributed by atoms with van der Waals surface area (Å²) in [5, 5.41) is 12.2. The molecule has 1 aliphatic heterocycles. The number of esters is 1. The molecule has 33 heavy (non-hydrogen) atoms. The van der Waals surface area contributed by atoms with E-state index >= 15 is 0 Å². The summed E-state index contributed by atoms with van der Waals surface area (Å²) in [4.78, 5) is 52.5. The number of nitrogens with one attached hydrogen (secondary N) is 1. The van der Waals surface area contributed by atoms with E-state index in [0.29, 0.717) is 32.2 Å². The zero-order valence-electron chi connectivity index (χ0n) is 20.1. The quantitative estimate of drug-likeness (QED) is 0.199. The number of carbonyl (C=O) groups is 4. The minimum atomic E-state index is -1.36. The van der Waals surface area contributed by atoms with Crippen LogP contribution in [0, 0.1) is 11.8 Å². The Kier molecular flexibility index (Phi) is 8.86. The van der Waals surface area contributed by atoms with Gasteiger partial charge in [-0.15, -0.1) is 13.2 Å². The highest BCUT2D eigenvalue weighted by molar-refractivity contribution is 6.01. The Morgan fingerprint density at radius 1 is 1.21 bits per heavy atom. The van der Waals surface area contributed by atoms with Crippen molar-refractivity contribution in [2.24, 2.45) is 11.8 Å². The van der Waals surface area contributed by atoms with Crippen molar-refractivity contribution >= 4 is 23.8 Å². The molecule has 2 amide bonds. The minimum absolute atomic E-state index is 0.281. The van der Waals surface area contributed by atoms with Gasteiger partial charge in [-0.05, 0) is 59.3 Å². The van der Waals surface area contributed by atoms with Gasteiger partial charge in [0.2, 0.25) is 11.8 Å². The Bertz CT molecular complexity index is 786. The van der Waals surface area contributed by atoms with Crippen LogP contribution in [-0.4, -0.2) is 57.5 Å². The molecule has 0 aromatic rings. The van der Waals surface area contributed by atoms with Crippen molar-refractivity contribution in [3.05, 3.63) is 25.3 Å². The molecule has 8 nitrogen and oxygen atoms in total. The van der Waals surface area contributed by atoms with Crippen LogP contribution in [0.5, 0.6) is 0 Å². The summed E-state index contributed by atoms with van der Waals surface area (Å²) < 4.78 is 5.51. The molecule has 0 radical (unpaired) electrons. The monoisotopic (exact) mass is 462 g/mol. The first-order chi connectivity index (χ1) is 15.5. The van der Waals surface area contributed by atoms with Crippen molar-refractivity contribution in [1.82, 2.24) is 10.2 Å². The van der Waals surface area contributed by atoms with Gasteiger partial charge in [0, 0.05) is 12.5 Å². The van der Waals surface area contributed by atoms with E-state index in [2.05, 4.69) is 18.5 Å². The summed E-state index contributed by atoms with van der Waals surface area (Å²) in [7, 11) is 0. The van der Waals surface area contributed by atoms with Gasteiger partial charge in [0.1, 0.15) is 23.1 Å². The van der Waals surface area contributed by atoms with Gasteiger partial charge in [-0.2, -0.15) is 0 Å². The maximum Gasteiger partial charge on any atom is 0.330 e. The van der Waals surface area contributed by atoms with Crippen molar-refractivity contribution in [1.29, 1.82) is 0 Å². The highest BCUT2D eigenvalue weighted by Crippen LogP contribution is 2.44. The Morgan fingerprint density at radius 3 is 2.45 bits per heavy atom. The molecular formula is C25H38N2O6. The number of ether oxygens (including phenoxy) is 1. The van der Waals surface area contributed by atoms with Crippen LogP contribution in [0.4, 0.5) is 0 Å². The molecule has 1 aliphatic carbocycles. The third-order valence-electron chi connectivity index (χ3n) is 6.26. The van der Waals surface area contributed by atoms with E-state index < -0.39 is 46.9 Å². The first-order valence-corrected chi connectivity index (χ1v) is 11.8. The topological polar surface area (TPSA) is 113 Å². The van der Waals surface area contributed by atoms with Crippen molar-refractivity contribution in [2.45, 2.75) is 89.3 Å². The van der Waals surface area contributed by atoms with E-state index in [0.717, 1.165) is 19.3 Å². The highest BCUT2D eigenvalue weighted by Gasteiger charge is 2.61. The van der Waals surface area contributed by atoms with Gasteiger partial charge in [0.05, 0.1) is 0 Å². The summed E-state index contributed by atoms with van der Waals surface area (Å²) in [5.41, 5.74) is -2.09. The summed E-state index contributed by atoms with van der Waals surface area (Å²) in [6.07, 6.45) is 8.34. The normalized spacial score (nSPS) is 25.1. The van der Waals surface area contributed by atoms with Crippen LogP contribution in [0.3, 0.4) is 0 Å². The predicted molar refractivity (Wildman–Crippen MR) is 124 cm³/mol. The molecule has 8 heteroatoms. The second-order valence-electron chi connectivity index (χ2n) is 10.0. The van der Waals surface area contributed by atoms with E-state index in [1.165, 1.54) is 11.0 Å². The molecule has 0 aromatic carbocycles. The number of carboxylic acid groups (broad SMARTS) is 1. The predicted octanol–water partition coefficient (Wildman–Crippen LogP) is 3.22.